The highest BCUT2D eigenvalue weighted by Crippen LogP contribution is 2.34. The first kappa shape index (κ1) is 21.3. The maximum Gasteiger partial charge on any atom is 0.137 e. The van der Waals surface area contributed by atoms with Crippen molar-refractivity contribution in [3.05, 3.63) is 22.7 Å². The number of benzene rings is 1. The predicted octanol–water partition coefficient (Wildman–Crippen LogP) is 7.12. The van der Waals surface area contributed by atoms with E-state index in [0.717, 1.165) is 52.7 Å². The second-order valence-electron chi connectivity index (χ2n) is 5.47. The molecule has 1 aromatic carbocycles. The Morgan fingerprint density at radius 2 is 1.09 bits per heavy atom. The van der Waals surface area contributed by atoms with E-state index in [1.54, 1.807) is 0 Å². The number of hydrogen-bond acceptors (Lipinski definition) is 2. The summed E-state index contributed by atoms with van der Waals surface area (Å²) >= 11 is 10.5. The minimum absolute atomic E-state index is 0.761. The summed E-state index contributed by atoms with van der Waals surface area (Å²) in [6.45, 7) is 1.52. The van der Waals surface area contributed by atoms with Crippen LogP contribution in [0.3, 0.4) is 0 Å². The first-order valence-electron chi connectivity index (χ1n) is 8.45. The van der Waals surface area contributed by atoms with Crippen LogP contribution in [0.15, 0.2) is 22.7 Å². The van der Waals surface area contributed by atoms with Gasteiger partial charge in [-0.05, 0) is 53.7 Å². The number of unbranched alkanes of at least 4 members (excludes halogenated alkanes) is 6. The van der Waals surface area contributed by atoms with Crippen molar-refractivity contribution in [3.63, 3.8) is 0 Å². The third-order valence-electron chi connectivity index (χ3n) is 3.50. The molecule has 0 fully saturated rings. The molecule has 5 heteroatoms. The molecular weight excluding hydrogens is 488 g/mol. The minimum atomic E-state index is 0.761. The van der Waals surface area contributed by atoms with Gasteiger partial charge in [-0.3, -0.25) is 0 Å². The third-order valence-corrected chi connectivity index (χ3v) is 5.40. The van der Waals surface area contributed by atoms with E-state index in [2.05, 4.69) is 47.8 Å². The maximum atomic E-state index is 5.87. The molecule has 0 unspecified atom stereocenters. The highest BCUT2D eigenvalue weighted by atomic mass is 79.9. The zero-order valence-corrected chi connectivity index (χ0v) is 18.4. The first-order valence-corrected chi connectivity index (χ1v) is 11.5. The van der Waals surface area contributed by atoms with Gasteiger partial charge in [0.2, 0.25) is 0 Å². The lowest BCUT2D eigenvalue weighted by Gasteiger charge is -2.12. The maximum absolute atomic E-state index is 5.87. The summed E-state index contributed by atoms with van der Waals surface area (Å²) in [7, 11) is 0. The smallest absolute Gasteiger partial charge is 0.137 e. The summed E-state index contributed by atoms with van der Waals surface area (Å²) in [5.41, 5.74) is 0. The lowest BCUT2D eigenvalue weighted by atomic mass is 10.2. The molecule has 0 aromatic heterocycles. The Hall–Kier alpha value is 0.260. The second kappa shape index (κ2) is 14.6. The standard InChI is InChI=1S/C18H27Br3O2/c19-12-5-1-3-7-14-22-16-10-9-11-17(18(16)21)23-15-8-4-2-6-13-20/h9-11H,1-8,12-15H2. The highest BCUT2D eigenvalue weighted by Gasteiger charge is 2.07. The van der Waals surface area contributed by atoms with Crippen molar-refractivity contribution in [2.24, 2.45) is 0 Å². The number of rotatable bonds is 14. The number of hydrogen-bond donors (Lipinski definition) is 0. The van der Waals surface area contributed by atoms with Crippen LogP contribution in [-0.2, 0) is 0 Å². The molecule has 23 heavy (non-hydrogen) atoms. The number of alkyl halides is 2. The van der Waals surface area contributed by atoms with Crippen LogP contribution in [0, 0.1) is 0 Å². The molecule has 0 amide bonds. The Balaban J connectivity index is 2.27. The zero-order chi connectivity index (χ0) is 16.8. The van der Waals surface area contributed by atoms with Crippen molar-refractivity contribution in [2.75, 3.05) is 23.9 Å². The molecule has 0 saturated heterocycles. The molecule has 0 aliphatic rings. The summed E-state index contributed by atoms with van der Waals surface area (Å²) in [5, 5.41) is 2.18. The van der Waals surface area contributed by atoms with Crippen molar-refractivity contribution in [2.45, 2.75) is 51.4 Å². The van der Waals surface area contributed by atoms with Crippen molar-refractivity contribution in [1.82, 2.24) is 0 Å². The van der Waals surface area contributed by atoms with E-state index in [1.807, 2.05) is 18.2 Å². The van der Waals surface area contributed by atoms with Gasteiger partial charge in [0.1, 0.15) is 16.0 Å². The van der Waals surface area contributed by atoms with Crippen molar-refractivity contribution >= 4 is 47.8 Å². The molecular formula is C18H27Br3O2. The van der Waals surface area contributed by atoms with Crippen LogP contribution in [0.1, 0.15) is 51.4 Å². The van der Waals surface area contributed by atoms with E-state index >= 15 is 0 Å². The Bertz CT molecular complexity index is 379. The van der Waals surface area contributed by atoms with Gasteiger partial charge < -0.3 is 9.47 Å². The van der Waals surface area contributed by atoms with E-state index in [-0.39, 0.29) is 0 Å². The summed E-state index contributed by atoms with van der Waals surface area (Å²) in [6, 6.07) is 5.97. The molecule has 1 rings (SSSR count). The van der Waals surface area contributed by atoms with Crippen LogP contribution in [0.4, 0.5) is 0 Å². The number of halogens is 3. The predicted molar refractivity (Wildman–Crippen MR) is 110 cm³/mol. The van der Waals surface area contributed by atoms with Crippen molar-refractivity contribution in [3.8, 4) is 11.5 Å². The molecule has 0 spiro atoms. The molecule has 0 saturated carbocycles. The largest absolute Gasteiger partial charge is 0.492 e. The Kier molecular flexibility index (Phi) is 13.5. The molecule has 0 atom stereocenters. The summed E-state index contributed by atoms with van der Waals surface area (Å²) < 4.78 is 12.7. The fraction of sp³-hybridized carbons (Fsp3) is 0.667. The third kappa shape index (κ3) is 9.98. The molecule has 0 aliphatic heterocycles. The SMILES string of the molecule is BrCCCCCCOc1cccc(OCCCCCCBr)c1Br. The molecule has 0 radical (unpaired) electrons. The van der Waals surface area contributed by atoms with Gasteiger partial charge in [-0.1, -0.05) is 63.6 Å². The summed E-state index contributed by atoms with van der Waals surface area (Å²) in [5.74, 6) is 1.75. The van der Waals surface area contributed by atoms with Crippen LogP contribution < -0.4 is 9.47 Å². The Morgan fingerprint density at radius 3 is 1.52 bits per heavy atom. The highest BCUT2D eigenvalue weighted by molar-refractivity contribution is 9.10. The normalized spacial score (nSPS) is 10.7. The molecule has 0 heterocycles. The van der Waals surface area contributed by atoms with Crippen LogP contribution in [0.5, 0.6) is 11.5 Å². The molecule has 0 N–H and O–H groups in total. The fourth-order valence-corrected chi connectivity index (χ4v) is 3.46. The van der Waals surface area contributed by atoms with Crippen molar-refractivity contribution < 1.29 is 9.47 Å². The molecule has 1 aromatic rings. The fourth-order valence-electron chi connectivity index (χ4n) is 2.18. The molecule has 0 bridgehead atoms. The van der Waals surface area contributed by atoms with Gasteiger partial charge in [0, 0.05) is 10.7 Å². The van der Waals surface area contributed by atoms with E-state index in [0.29, 0.717) is 0 Å². The monoisotopic (exact) mass is 512 g/mol. The van der Waals surface area contributed by atoms with E-state index in [1.165, 1.54) is 38.5 Å². The number of ether oxygens (including phenoxy) is 2. The van der Waals surface area contributed by atoms with Crippen molar-refractivity contribution in [1.29, 1.82) is 0 Å². The van der Waals surface area contributed by atoms with Crippen LogP contribution in [0.2, 0.25) is 0 Å². The van der Waals surface area contributed by atoms with E-state index in [9.17, 15) is 0 Å². The summed E-state index contributed by atoms with van der Waals surface area (Å²) in [6.07, 6.45) is 9.62. The average Bonchev–Trinajstić information content (AvgIpc) is 2.56. The summed E-state index contributed by atoms with van der Waals surface area (Å²) in [4.78, 5) is 0. The molecule has 0 aliphatic carbocycles. The van der Waals surface area contributed by atoms with Gasteiger partial charge in [-0.2, -0.15) is 0 Å². The Morgan fingerprint density at radius 1 is 0.652 bits per heavy atom. The lowest BCUT2D eigenvalue weighted by molar-refractivity contribution is 0.287. The topological polar surface area (TPSA) is 18.5 Å². The molecule has 2 nitrogen and oxygen atoms in total. The minimum Gasteiger partial charge on any atom is -0.492 e. The van der Waals surface area contributed by atoms with Gasteiger partial charge in [0.25, 0.3) is 0 Å². The van der Waals surface area contributed by atoms with Gasteiger partial charge in [-0.25, -0.2) is 0 Å². The molecule has 132 valence electrons. The van der Waals surface area contributed by atoms with Gasteiger partial charge >= 0.3 is 0 Å². The zero-order valence-electron chi connectivity index (χ0n) is 13.7. The quantitative estimate of drug-likeness (QED) is 0.194. The van der Waals surface area contributed by atoms with E-state index in [4.69, 9.17) is 9.47 Å². The van der Waals surface area contributed by atoms with E-state index < -0.39 is 0 Å². The van der Waals surface area contributed by atoms with Gasteiger partial charge in [0.05, 0.1) is 13.2 Å². The lowest BCUT2D eigenvalue weighted by Crippen LogP contribution is -2.01. The Labute approximate surface area is 166 Å². The van der Waals surface area contributed by atoms with Crippen LogP contribution in [-0.4, -0.2) is 23.9 Å². The van der Waals surface area contributed by atoms with Gasteiger partial charge in [0.15, 0.2) is 0 Å². The van der Waals surface area contributed by atoms with Gasteiger partial charge in [-0.15, -0.1) is 0 Å². The average molecular weight is 515 g/mol. The van der Waals surface area contributed by atoms with Crippen LogP contribution >= 0.6 is 47.8 Å². The first-order chi connectivity index (χ1) is 11.3. The van der Waals surface area contributed by atoms with Crippen LogP contribution in [0.25, 0.3) is 0 Å². The second-order valence-corrected chi connectivity index (χ2v) is 7.85.